The number of methoxy groups -OCH3 is 1. The molecule has 1 saturated heterocycles. The van der Waals surface area contributed by atoms with E-state index in [0.29, 0.717) is 35.6 Å². The molecular weight excluding hydrogens is 388 g/mol. The van der Waals surface area contributed by atoms with Crippen LogP contribution in [-0.2, 0) is 9.47 Å². The number of fused-ring (bicyclic) bond motifs is 4. The zero-order valence-electron chi connectivity index (χ0n) is 16.9. The summed E-state index contributed by atoms with van der Waals surface area (Å²) >= 11 is 0. The van der Waals surface area contributed by atoms with Gasteiger partial charge in [0.2, 0.25) is 0 Å². The Labute approximate surface area is 173 Å². The number of urea groups is 1. The first-order valence-electron chi connectivity index (χ1n) is 9.65. The molecule has 2 aliphatic heterocycles. The van der Waals surface area contributed by atoms with Crippen molar-refractivity contribution in [1.29, 1.82) is 0 Å². The van der Waals surface area contributed by atoms with Crippen molar-refractivity contribution in [3.63, 3.8) is 0 Å². The van der Waals surface area contributed by atoms with Crippen LogP contribution < -0.4 is 15.0 Å². The van der Waals surface area contributed by atoms with Crippen LogP contribution in [0.4, 0.5) is 10.5 Å². The van der Waals surface area contributed by atoms with Crippen molar-refractivity contribution in [2.45, 2.75) is 32.0 Å². The van der Waals surface area contributed by atoms with Crippen molar-refractivity contribution in [2.24, 2.45) is 0 Å². The number of nitrogens with zero attached hydrogens (tertiary/aromatic N) is 1. The highest BCUT2D eigenvalue weighted by Crippen LogP contribution is 2.45. The number of esters is 2. The van der Waals surface area contributed by atoms with Crippen LogP contribution in [0.3, 0.4) is 0 Å². The molecule has 2 aliphatic rings. The number of anilines is 1. The highest BCUT2D eigenvalue weighted by molar-refractivity contribution is 5.96. The largest absolute Gasteiger partial charge is 0.467 e. The topological polar surface area (TPSA) is 94.2 Å². The smallest absolute Gasteiger partial charge is 0.338 e. The number of carbonyl (C=O) groups is 3. The molecule has 2 heterocycles. The Morgan fingerprint density at radius 2 is 1.87 bits per heavy atom. The highest BCUT2D eigenvalue weighted by atomic mass is 16.5. The minimum Gasteiger partial charge on any atom is -0.467 e. The monoisotopic (exact) mass is 410 g/mol. The molecular formula is C22H22N2O6. The van der Waals surface area contributed by atoms with Gasteiger partial charge in [0.1, 0.15) is 5.75 Å². The predicted octanol–water partition coefficient (Wildman–Crippen LogP) is 3.42. The quantitative estimate of drug-likeness (QED) is 0.777. The molecule has 8 nitrogen and oxygen atoms in total. The summed E-state index contributed by atoms with van der Waals surface area (Å²) in [5, 5.41) is 2.98. The van der Waals surface area contributed by atoms with Gasteiger partial charge in [0.05, 0.1) is 30.9 Å². The molecule has 2 amide bonds. The van der Waals surface area contributed by atoms with Gasteiger partial charge in [0.25, 0.3) is 0 Å². The van der Waals surface area contributed by atoms with Crippen LogP contribution in [0.15, 0.2) is 42.5 Å². The fourth-order valence-corrected chi connectivity index (χ4v) is 3.97. The zero-order chi connectivity index (χ0) is 21.5. The van der Waals surface area contributed by atoms with E-state index >= 15 is 0 Å². The van der Waals surface area contributed by atoms with Gasteiger partial charge < -0.3 is 19.5 Å². The molecule has 30 heavy (non-hydrogen) atoms. The molecule has 156 valence electrons. The second-order valence-corrected chi connectivity index (χ2v) is 7.33. The van der Waals surface area contributed by atoms with Crippen molar-refractivity contribution >= 4 is 23.7 Å². The van der Waals surface area contributed by atoms with Gasteiger partial charge in [-0.1, -0.05) is 0 Å². The molecule has 0 aromatic heterocycles. The van der Waals surface area contributed by atoms with E-state index in [1.54, 1.807) is 49.4 Å². The van der Waals surface area contributed by atoms with E-state index in [4.69, 9.17) is 14.2 Å². The summed E-state index contributed by atoms with van der Waals surface area (Å²) in [5.74, 6) is -0.270. The normalized spacial score (nSPS) is 21.8. The van der Waals surface area contributed by atoms with Crippen molar-refractivity contribution < 1.29 is 28.6 Å². The summed E-state index contributed by atoms with van der Waals surface area (Å²) < 4.78 is 16.0. The fourth-order valence-electron chi connectivity index (χ4n) is 3.97. The van der Waals surface area contributed by atoms with Crippen LogP contribution in [0.2, 0.25) is 0 Å². The van der Waals surface area contributed by atoms with E-state index in [0.717, 1.165) is 5.56 Å². The highest BCUT2D eigenvalue weighted by Gasteiger charge is 2.50. The Morgan fingerprint density at radius 3 is 2.53 bits per heavy atom. The minimum atomic E-state index is -0.932. The average Bonchev–Trinajstić information content (AvgIpc) is 2.73. The Balaban J connectivity index is 1.66. The van der Waals surface area contributed by atoms with Gasteiger partial charge in [-0.15, -0.1) is 0 Å². The molecule has 0 spiro atoms. The Kier molecular flexibility index (Phi) is 4.85. The standard InChI is InChI=1S/C22H22N2O6/c1-4-29-20(26)13-5-8-15(9-6-13)24-21(27)23-17-12-22(24,2)30-18-10-7-14(11-16(17)18)19(25)28-3/h5-11,17H,4,12H2,1-3H3,(H,23,27)/t17-,22-/m0/s1. The number of ether oxygens (including phenoxy) is 3. The van der Waals surface area contributed by atoms with Crippen molar-refractivity contribution in [3.05, 3.63) is 59.2 Å². The lowest BCUT2D eigenvalue weighted by molar-refractivity contribution is 0.0377. The molecule has 2 atom stereocenters. The lowest BCUT2D eigenvalue weighted by Gasteiger charge is -2.50. The maximum atomic E-state index is 13.0. The molecule has 0 radical (unpaired) electrons. The number of benzene rings is 2. The summed E-state index contributed by atoms with van der Waals surface area (Å²) in [5.41, 5.74) is 1.20. The average molecular weight is 410 g/mol. The first kappa shape index (κ1) is 19.8. The fraction of sp³-hybridized carbons (Fsp3) is 0.318. The molecule has 4 rings (SSSR count). The first-order valence-corrected chi connectivity index (χ1v) is 9.65. The molecule has 2 aromatic carbocycles. The van der Waals surface area contributed by atoms with Crippen molar-refractivity contribution in [3.8, 4) is 5.75 Å². The van der Waals surface area contributed by atoms with Gasteiger partial charge in [0, 0.05) is 17.7 Å². The van der Waals surface area contributed by atoms with Crippen molar-refractivity contribution in [2.75, 3.05) is 18.6 Å². The van der Waals surface area contributed by atoms with Crippen LogP contribution in [0, 0.1) is 0 Å². The third-order valence-corrected chi connectivity index (χ3v) is 5.33. The third-order valence-electron chi connectivity index (χ3n) is 5.33. The Bertz CT molecular complexity index is 1020. The lowest BCUT2D eigenvalue weighted by Crippen LogP contribution is -2.65. The summed E-state index contributed by atoms with van der Waals surface area (Å²) in [4.78, 5) is 38.3. The number of carbonyl (C=O) groups excluding carboxylic acids is 3. The molecule has 1 N–H and O–H groups in total. The van der Waals surface area contributed by atoms with E-state index in [2.05, 4.69) is 5.32 Å². The van der Waals surface area contributed by atoms with Crippen LogP contribution in [0.5, 0.6) is 5.75 Å². The zero-order valence-corrected chi connectivity index (χ0v) is 16.9. The SMILES string of the molecule is CCOC(=O)c1ccc(N2C(=O)N[C@H]3C[C@]2(C)Oc2ccc(C(=O)OC)cc23)cc1. The predicted molar refractivity (Wildman–Crippen MR) is 108 cm³/mol. The van der Waals surface area contributed by atoms with Gasteiger partial charge in [-0.3, -0.25) is 4.90 Å². The van der Waals surface area contributed by atoms with E-state index in [-0.39, 0.29) is 12.1 Å². The number of rotatable bonds is 4. The second kappa shape index (κ2) is 7.37. The van der Waals surface area contributed by atoms with Crippen LogP contribution >= 0.6 is 0 Å². The Hall–Kier alpha value is -3.55. The molecule has 8 heteroatoms. The van der Waals surface area contributed by atoms with Crippen molar-refractivity contribution in [1.82, 2.24) is 5.32 Å². The molecule has 2 bridgehead atoms. The second-order valence-electron chi connectivity index (χ2n) is 7.33. The van der Waals surface area contributed by atoms with Gasteiger partial charge in [-0.05, 0) is 56.3 Å². The van der Waals surface area contributed by atoms with E-state index in [9.17, 15) is 14.4 Å². The van der Waals surface area contributed by atoms with Crippen LogP contribution in [0.1, 0.15) is 52.6 Å². The summed E-state index contributed by atoms with van der Waals surface area (Å²) in [6, 6.07) is 11.0. The Morgan fingerprint density at radius 1 is 1.17 bits per heavy atom. The molecule has 1 fully saturated rings. The molecule has 0 aliphatic carbocycles. The number of hydrogen-bond acceptors (Lipinski definition) is 6. The number of amides is 2. The molecule has 2 aromatic rings. The van der Waals surface area contributed by atoms with E-state index in [1.165, 1.54) is 12.0 Å². The summed E-state index contributed by atoms with van der Waals surface area (Å²) in [6.07, 6.45) is 0.482. The first-order chi connectivity index (χ1) is 14.4. The van der Waals surface area contributed by atoms with E-state index < -0.39 is 17.7 Å². The minimum absolute atomic E-state index is 0.291. The van der Waals surface area contributed by atoms with Gasteiger partial charge >= 0.3 is 18.0 Å². The molecule has 0 unspecified atom stereocenters. The number of nitrogens with one attached hydrogen (secondary N) is 1. The maximum Gasteiger partial charge on any atom is 0.338 e. The third kappa shape index (κ3) is 3.24. The van der Waals surface area contributed by atoms with Gasteiger partial charge in [0.15, 0.2) is 5.72 Å². The van der Waals surface area contributed by atoms with E-state index in [1.807, 2.05) is 6.92 Å². The lowest BCUT2D eigenvalue weighted by atomic mass is 9.89. The number of hydrogen-bond donors (Lipinski definition) is 1. The summed E-state index contributed by atoms with van der Waals surface area (Å²) in [6.45, 7) is 3.88. The molecule has 0 saturated carbocycles. The van der Waals surface area contributed by atoms with Crippen LogP contribution in [-0.4, -0.2) is 37.4 Å². The van der Waals surface area contributed by atoms with Gasteiger partial charge in [-0.25, -0.2) is 14.4 Å². The maximum absolute atomic E-state index is 13.0. The van der Waals surface area contributed by atoms with Crippen LogP contribution in [0.25, 0.3) is 0 Å². The summed E-state index contributed by atoms with van der Waals surface area (Å²) in [7, 11) is 1.32. The van der Waals surface area contributed by atoms with Gasteiger partial charge in [-0.2, -0.15) is 0 Å².